The average Bonchev–Trinajstić information content (AvgIpc) is 2.79. The fourth-order valence-corrected chi connectivity index (χ4v) is 3.39. The summed E-state index contributed by atoms with van der Waals surface area (Å²) in [4.78, 5) is 14.8. The number of nitrogens with one attached hydrogen (secondary N) is 1. The normalized spacial score (nSPS) is 13.7. The van der Waals surface area contributed by atoms with Gasteiger partial charge >= 0.3 is 0 Å². The number of halogens is 1. The SMILES string of the molecule is O=C(Nc1ccc(N2CCOCC2)c(F)c1)c1ccccc1COc1ccccc1. The molecule has 4 rings (SSSR count). The number of hydrogen-bond acceptors (Lipinski definition) is 4. The Morgan fingerprint density at radius 3 is 2.50 bits per heavy atom. The Morgan fingerprint density at radius 1 is 1.00 bits per heavy atom. The van der Waals surface area contributed by atoms with Gasteiger partial charge < -0.3 is 19.7 Å². The van der Waals surface area contributed by atoms with Crippen LogP contribution in [-0.2, 0) is 11.3 Å². The second-order valence-corrected chi connectivity index (χ2v) is 6.98. The van der Waals surface area contributed by atoms with Crippen LogP contribution >= 0.6 is 0 Å². The monoisotopic (exact) mass is 406 g/mol. The fourth-order valence-electron chi connectivity index (χ4n) is 3.39. The summed E-state index contributed by atoms with van der Waals surface area (Å²) in [5, 5.41) is 2.79. The van der Waals surface area contributed by atoms with Crippen molar-refractivity contribution in [1.82, 2.24) is 0 Å². The Kier molecular flexibility index (Phi) is 6.25. The lowest BCUT2D eigenvalue weighted by Crippen LogP contribution is -2.36. The number of carbonyl (C=O) groups is 1. The number of nitrogens with zero attached hydrogens (tertiary/aromatic N) is 1. The molecule has 1 N–H and O–H groups in total. The molecule has 1 aliphatic heterocycles. The van der Waals surface area contributed by atoms with Gasteiger partial charge in [0.25, 0.3) is 5.91 Å². The van der Waals surface area contributed by atoms with E-state index in [1.165, 1.54) is 6.07 Å². The lowest BCUT2D eigenvalue weighted by molar-refractivity contribution is 0.102. The number of carbonyl (C=O) groups excluding carboxylic acids is 1. The van der Waals surface area contributed by atoms with E-state index in [1.807, 2.05) is 47.4 Å². The van der Waals surface area contributed by atoms with E-state index in [0.717, 1.165) is 11.3 Å². The molecular weight excluding hydrogens is 383 g/mol. The lowest BCUT2D eigenvalue weighted by Gasteiger charge is -2.29. The Bertz CT molecular complexity index is 1000. The van der Waals surface area contributed by atoms with E-state index >= 15 is 0 Å². The number of hydrogen-bond donors (Lipinski definition) is 1. The third kappa shape index (κ3) is 4.78. The Balaban J connectivity index is 1.45. The first kappa shape index (κ1) is 19.9. The molecule has 0 unspecified atom stereocenters. The largest absolute Gasteiger partial charge is 0.489 e. The molecule has 6 heteroatoms. The third-order valence-corrected chi connectivity index (χ3v) is 4.96. The van der Waals surface area contributed by atoms with Crippen LogP contribution in [0.15, 0.2) is 72.8 Å². The van der Waals surface area contributed by atoms with Gasteiger partial charge in [-0.25, -0.2) is 4.39 Å². The molecule has 1 saturated heterocycles. The number of morpholine rings is 1. The van der Waals surface area contributed by atoms with Crippen molar-refractivity contribution in [2.45, 2.75) is 6.61 Å². The molecular formula is C24H23FN2O3. The summed E-state index contributed by atoms with van der Waals surface area (Å²) in [6.45, 7) is 2.73. The van der Waals surface area contributed by atoms with Crippen LogP contribution in [0.5, 0.6) is 5.75 Å². The summed E-state index contributed by atoms with van der Waals surface area (Å²) in [7, 11) is 0. The first-order valence-electron chi connectivity index (χ1n) is 9.90. The summed E-state index contributed by atoms with van der Waals surface area (Å²) in [6.07, 6.45) is 0. The summed E-state index contributed by atoms with van der Waals surface area (Å²) < 4.78 is 25.7. The number of anilines is 2. The molecule has 5 nitrogen and oxygen atoms in total. The Labute approximate surface area is 175 Å². The molecule has 1 fully saturated rings. The van der Waals surface area contributed by atoms with Crippen LogP contribution in [0.3, 0.4) is 0 Å². The van der Waals surface area contributed by atoms with Gasteiger partial charge in [-0.15, -0.1) is 0 Å². The smallest absolute Gasteiger partial charge is 0.256 e. The van der Waals surface area contributed by atoms with Crippen molar-refractivity contribution in [3.8, 4) is 5.75 Å². The van der Waals surface area contributed by atoms with Gasteiger partial charge in [-0.3, -0.25) is 4.79 Å². The second-order valence-electron chi connectivity index (χ2n) is 6.98. The van der Waals surface area contributed by atoms with Crippen LogP contribution in [0, 0.1) is 5.82 Å². The van der Waals surface area contributed by atoms with Crippen LogP contribution in [-0.4, -0.2) is 32.2 Å². The summed E-state index contributed by atoms with van der Waals surface area (Å²) >= 11 is 0. The van der Waals surface area contributed by atoms with Crippen LogP contribution in [0.25, 0.3) is 0 Å². The molecule has 0 aliphatic carbocycles. The highest BCUT2D eigenvalue weighted by Crippen LogP contribution is 2.24. The molecule has 0 atom stereocenters. The molecule has 1 amide bonds. The van der Waals surface area contributed by atoms with Crippen molar-refractivity contribution in [3.63, 3.8) is 0 Å². The first-order chi connectivity index (χ1) is 14.7. The van der Waals surface area contributed by atoms with Crippen molar-refractivity contribution in [1.29, 1.82) is 0 Å². The Morgan fingerprint density at radius 2 is 1.73 bits per heavy atom. The maximum absolute atomic E-state index is 14.6. The average molecular weight is 406 g/mol. The van der Waals surface area contributed by atoms with Crippen molar-refractivity contribution in [2.24, 2.45) is 0 Å². The van der Waals surface area contributed by atoms with Crippen LogP contribution < -0.4 is 15.0 Å². The van der Waals surface area contributed by atoms with Gasteiger partial charge in [-0.2, -0.15) is 0 Å². The number of amides is 1. The van der Waals surface area contributed by atoms with Crippen molar-refractivity contribution >= 4 is 17.3 Å². The lowest BCUT2D eigenvalue weighted by atomic mass is 10.1. The molecule has 3 aromatic rings. The molecule has 1 heterocycles. The van der Waals surface area contributed by atoms with E-state index in [0.29, 0.717) is 43.2 Å². The fraction of sp³-hybridized carbons (Fsp3) is 0.208. The van der Waals surface area contributed by atoms with Crippen LogP contribution in [0.4, 0.5) is 15.8 Å². The predicted molar refractivity (Wildman–Crippen MR) is 115 cm³/mol. The predicted octanol–water partition coefficient (Wildman–Crippen LogP) is 4.49. The van der Waals surface area contributed by atoms with Gasteiger partial charge in [0.05, 0.1) is 18.9 Å². The van der Waals surface area contributed by atoms with Crippen molar-refractivity contribution < 1.29 is 18.7 Å². The van der Waals surface area contributed by atoms with E-state index in [4.69, 9.17) is 9.47 Å². The van der Waals surface area contributed by atoms with Crippen LogP contribution in [0.2, 0.25) is 0 Å². The van der Waals surface area contributed by atoms with E-state index in [1.54, 1.807) is 24.3 Å². The van der Waals surface area contributed by atoms with Gasteiger partial charge in [0.2, 0.25) is 0 Å². The standard InChI is InChI=1S/C24H23FN2O3/c25-22-16-19(10-11-23(22)27-12-14-29-15-13-27)26-24(28)21-9-5-4-6-18(21)17-30-20-7-2-1-3-8-20/h1-11,16H,12-15,17H2,(H,26,28). The van der Waals surface area contributed by atoms with E-state index in [-0.39, 0.29) is 18.3 Å². The zero-order valence-corrected chi connectivity index (χ0v) is 16.5. The number of rotatable bonds is 6. The minimum Gasteiger partial charge on any atom is -0.489 e. The van der Waals surface area contributed by atoms with Gasteiger partial charge in [0.15, 0.2) is 0 Å². The highest BCUT2D eigenvalue weighted by Gasteiger charge is 2.17. The molecule has 0 spiro atoms. The number of para-hydroxylation sites is 1. The van der Waals surface area contributed by atoms with Gasteiger partial charge in [0, 0.05) is 29.9 Å². The van der Waals surface area contributed by atoms with Gasteiger partial charge in [-0.05, 0) is 36.4 Å². The first-order valence-corrected chi connectivity index (χ1v) is 9.90. The molecule has 0 bridgehead atoms. The maximum Gasteiger partial charge on any atom is 0.256 e. The highest BCUT2D eigenvalue weighted by molar-refractivity contribution is 6.05. The second kappa shape index (κ2) is 9.41. The quantitative estimate of drug-likeness (QED) is 0.655. The molecule has 30 heavy (non-hydrogen) atoms. The highest BCUT2D eigenvalue weighted by atomic mass is 19.1. The minimum absolute atomic E-state index is 0.262. The van der Waals surface area contributed by atoms with Crippen molar-refractivity contribution in [3.05, 3.63) is 89.7 Å². The van der Waals surface area contributed by atoms with E-state index in [2.05, 4.69) is 5.32 Å². The Hall–Kier alpha value is -3.38. The zero-order chi connectivity index (χ0) is 20.8. The van der Waals surface area contributed by atoms with Crippen molar-refractivity contribution in [2.75, 3.05) is 36.5 Å². The zero-order valence-electron chi connectivity index (χ0n) is 16.5. The summed E-state index contributed by atoms with van der Waals surface area (Å²) in [5.41, 5.74) is 2.18. The molecule has 1 aliphatic rings. The number of ether oxygens (including phenoxy) is 2. The van der Waals surface area contributed by atoms with Gasteiger partial charge in [0.1, 0.15) is 18.2 Å². The maximum atomic E-state index is 14.6. The van der Waals surface area contributed by atoms with E-state index in [9.17, 15) is 9.18 Å². The van der Waals surface area contributed by atoms with E-state index < -0.39 is 0 Å². The molecule has 0 radical (unpaired) electrons. The number of benzene rings is 3. The third-order valence-electron chi connectivity index (χ3n) is 4.96. The molecule has 3 aromatic carbocycles. The van der Waals surface area contributed by atoms with Gasteiger partial charge in [-0.1, -0.05) is 36.4 Å². The van der Waals surface area contributed by atoms with Crippen LogP contribution in [0.1, 0.15) is 15.9 Å². The summed E-state index contributed by atoms with van der Waals surface area (Å²) in [6, 6.07) is 21.4. The molecule has 154 valence electrons. The molecule has 0 aromatic heterocycles. The topological polar surface area (TPSA) is 50.8 Å². The summed E-state index contributed by atoms with van der Waals surface area (Å²) in [5.74, 6) is 0.0599. The molecule has 0 saturated carbocycles. The minimum atomic E-state index is -0.365.